The summed E-state index contributed by atoms with van der Waals surface area (Å²) in [6.07, 6.45) is 5.63. The number of likely N-dealkylation sites (N-methyl/N-ethyl adjacent to an activating group) is 1. The van der Waals surface area contributed by atoms with Gasteiger partial charge in [0, 0.05) is 38.9 Å². The predicted octanol–water partition coefficient (Wildman–Crippen LogP) is 2.04. The first-order valence-electron chi connectivity index (χ1n) is 9.99. The van der Waals surface area contributed by atoms with Crippen molar-refractivity contribution < 1.29 is 9.15 Å². The summed E-state index contributed by atoms with van der Waals surface area (Å²) in [4.78, 5) is 9.15. The Kier molecular flexibility index (Phi) is 7.11. The molecule has 28 heavy (non-hydrogen) atoms. The minimum Gasteiger partial charge on any atom is -0.468 e. The van der Waals surface area contributed by atoms with Crippen LogP contribution in [0.25, 0.3) is 0 Å². The third-order valence-electron chi connectivity index (χ3n) is 5.25. The second-order valence-electron chi connectivity index (χ2n) is 6.93. The van der Waals surface area contributed by atoms with Gasteiger partial charge in [-0.1, -0.05) is 13.8 Å². The maximum atomic E-state index is 5.96. The van der Waals surface area contributed by atoms with Gasteiger partial charge in [0.15, 0.2) is 5.96 Å². The van der Waals surface area contributed by atoms with E-state index in [4.69, 9.17) is 9.15 Å². The summed E-state index contributed by atoms with van der Waals surface area (Å²) >= 11 is 0. The van der Waals surface area contributed by atoms with E-state index >= 15 is 0 Å². The lowest BCUT2D eigenvalue weighted by molar-refractivity contribution is -0.00816. The SMILES string of the molecule is CCN(CC)C(CNC(=NC)N1CCOC(c2cnn(C)c2)C1)c1ccco1. The highest BCUT2D eigenvalue weighted by Crippen LogP contribution is 2.23. The second kappa shape index (κ2) is 9.75. The van der Waals surface area contributed by atoms with Gasteiger partial charge in [-0.2, -0.15) is 5.10 Å². The molecule has 3 rings (SSSR count). The number of ether oxygens (including phenoxy) is 1. The summed E-state index contributed by atoms with van der Waals surface area (Å²) in [7, 11) is 3.75. The van der Waals surface area contributed by atoms with Crippen LogP contribution in [0.1, 0.15) is 37.3 Å². The van der Waals surface area contributed by atoms with Gasteiger partial charge in [-0.15, -0.1) is 0 Å². The van der Waals surface area contributed by atoms with E-state index in [9.17, 15) is 0 Å². The molecule has 0 radical (unpaired) electrons. The molecule has 8 heteroatoms. The molecule has 2 unspecified atom stereocenters. The Morgan fingerprint density at radius 2 is 2.25 bits per heavy atom. The number of hydrogen-bond donors (Lipinski definition) is 1. The van der Waals surface area contributed by atoms with E-state index in [1.54, 1.807) is 6.26 Å². The van der Waals surface area contributed by atoms with E-state index in [1.807, 2.05) is 43.3 Å². The van der Waals surface area contributed by atoms with Gasteiger partial charge in [0.1, 0.15) is 11.9 Å². The van der Waals surface area contributed by atoms with Crippen molar-refractivity contribution in [2.45, 2.75) is 26.0 Å². The highest BCUT2D eigenvalue weighted by molar-refractivity contribution is 5.80. The summed E-state index contributed by atoms with van der Waals surface area (Å²) in [5.41, 5.74) is 1.10. The molecule has 154 valence electrons. The number of aliphatic imine (C=N–C) groups is 1. The van der Waals surface area contributed by atoms with Crippen LogP contribution >= 0.6 is 0 Å². The number of rotatable bonds is 7. The Labute approximate surface area is 167 Å². The molecule has 2 aromatic heterocycles. The number of aromatic nitrogens is 2. The lowest BCUT2D eigenvalue weighted by atomic mass is 10.1. The molecule has 1 aliphatic rings. The fraction of sp³-hybridized carbons (Fsp3) is 0.600. The highest BCUT2D eigenvalue weighted by Gasteiger charge is 2.27. The van der Waals surface area contributed by atoms with Gasteiger partial charge < -0.3 is 19.4 Å². The third kappa shape index (κ3) is 4.74. The topological polar surface area (TPSA) is 71.1 Å². The number of nitrogens with zero attached hydrogens (tertiary/aromatic N) is 5. The van der Waals surface area contributed by atoms with Crippen LogP contribution in [0.3, 0.4) is 0 Å². The lowest BCUT2D eigenvalue weighted by Crippen LogP contribution is -2.50. The molecule has 0 aromatic carbocycles. The smallest absolute Gasteiger partial charge is 0.193 e. The number of furan rings is 1. The van der Waals surface area contributed by atoms with Crippen LogP contribution < -0.4 is 5.32 Å². The van der Waals surface area contributed by atoms with E-state index < -0.39 is 0 Å². The summed E-state index contributed by atoms with van der Waals surface area (Å²) in [6.45, 7) is 9.24. The standard InChI is InChI=1S/C20H32N6O2/c1-5-25(6-2)17(18-8-7-10-27-18)13-22-20(21-3)26-9-11-28-19(15-26)16-12-23-24(4)14-16/h7-8,10,12,14,17,19H,5-6,9,11,13,15H2,1-4H3,(H,21,22). The first-order chi connectivity index (χ1) is 13.7. The molecular weight excluding hydrogens is 356 g/mol. The predicted molar refractivity (Wildman–Crippen MR) is 109 cm³/mol. The average Bonchev–Trinajstić information content (AvgIpc) is 3.40. The molecule has 1 aliphatic heterocycles. The fourth-order valence-corrected chi connectivity index (χ4v) is 3.72. The zero-order chi connectivity index (χ0) is 19.9. The molecule has 0 bridgehead atoms. The normalized spacial score (nSPS) is 19.2. The van der Waals surface area contributed by atoms with Crippen LogP contribution in [0, 0.1) is 0 Å². The number of nitrogens with one attached hydrogen (secondary N) is 1. The van der Waals surface area contributed by atoms with E-state index in [2.05, 4.69) is 39.1 Å². The van der Waals surface area contributed by atoms with Crippen molar-refractivity contribution in [1.29, 1.82) is 0 Å². The van der Waals surface area contributed by atoms with Crippen LogP contribution in [-0.2, 0) is 11.8 Å². The van der Waals surface area contributed by atoms with Crippen molar-refractivity contribution in [2.75, 3.05) is 46.4 Å². The molecule has 1 saturated heterocycles. The number of aryl methyl sites for hydroxylation is 1. The van der Waals surface area contributed by atoms with Crippen molar-refractivity contribution >= 4 is 5.96 Å². The maximum absolute atomic E-state index is 5.96. The largest absolute Gasteiger partial charge is 0.468 e. The highest BCUT2D eigenvalue weighted by atomic mass is 16.5. The number of hydrogen-bond acceptors (Lipinski definition) is 5. The van der Waals surface area contributed by atoms with Gasteiger partial charge in [-0.25, -0.2) is 0 Å². The Balaban J connectivity index is 1.65. The Morgan fingerprint density at radius 3 is 2.86 bits per heavy atom. The van der Waals surface area contributed by atoms with Crippen LogP contribution in [0.4, 0.5) is 0 Å². The first kappa shape index (κ1) is 20.4. The molecule has 2 atom stereocenters. The molecular formula is C20H32N6O2. The molecule has 0 amide bonds. The maximum Gasteiger partial charge on any atom is 0.193 e. The van der Waals surface area contributed by atoms with Gasteiger partial charge in [-0.05, 0) is 25.2 Å². The first-order valence-corrected chi connectivity index (χ1v) is 9.99. The van der Waals surface area contributed by atoms with E-state index in [-0.39, 0.29) is 12.1 Å². The van der Waals surface area contributed by atoms with Gasteiger partial charge in [0.05, 0.1) is 31.7 Å². The molecule has 0 aliphatic carbocycles. The van der Waals surface area contributed by atoms with Gasteiger partial charge in [-0.3, -0.25) is 14.6 Å². The van der Waals surface area contributed by atoms with Crippen LogP contribution in [0.5, 0.6) is 0 Å². The van der Waals surface area contributed by atoms with Crippen molar-refractivity contribution in [2.24, 2.45) is 12.0 Å². The fourth-order valence-electron chi connectivity index (χ4n) is 3.72. The number of guanidine groups is 1. The monoisotopic (exact) mass is 388 g/mol. The minimum atomic E-state index is 0.00431. The van der Waals surface area contributed by atoms with Crippen LogP contribution in [0.15, 0.2) is 40.2 Å². The summed E-state index contributed by atoms with van der Waals surface area (Å²) in [5.74, 6) is 1.86. The van der Waals surface area contributed by atoms with Crippen molar-refractivity contribution in [1.82, 2.24) is 24.9 Å². The molecule has 1 N–H and O–H groups in total. The third-order valence-corrected chi connectivity index (χ3v) is 5.25. The van der Waals surface area contributed by atoms with Gasteiger partial charge >= 0.3 is 0 Å². The van der Waals surface area contributed by atoms with Gasteiger partial charge in [0.25, 0.3) is 0 Å². The van der Waals surface area contributed by atoms with Crippen LogP contribution in [-0.4, -0.2) is 71.9 Å². The average molecular weight is 389 g/mol. The summed E-state index contributed by atoms with van der Waals surface area (Å²) < 4.78 is 13.5. The summed E-state index contributed by atoms with van der Waals surface area (Å²) in [6, 6.07) is 4.15. The molecule has 1 fully saturated rings. The van der Waals surface area contributed by atoms with E-state index in [1.165, 1.54) is 0 Å². The van der Waals surface area contributed by atoms with Crippen LogP contribution in [0.2, 0.25) is 0 Å². The second-order valence-corrected chi connectivity index (χ2v) is 6.93. The van der Waals surface area contributed by atoms with E-state index in [0.29, 0.717) is 6.61 Å². The lowest BCUT2D eigenvalue weighted by Gasteiger charge is -2.36. The Bertz CT molecular complexity index is 738. The van der Waals surface area contributed by atoms with Crippen molar-refractivity contribution in [3.05, 3.63) is 42.1 Å². The Hall–Kier alpha value is -2.32. The van der Waals surface area contributed by atoms with Crippen molar-refractivity contribution in [3.8, 4) is 0 Å². The minimum absolute atomic E-state index is 0.00431. The zero-order valence-electron chi connectivity index (χ0n) is 17.3. The molecule has 0 saturated carbocycles. The molecule has 8 nitrogen and oxygen atoms in total. The van der Waals surface area contributed by atoms with Gasteiger partial charge in [0.2, 0.25) is 0 Å². The quantitative estimate of drug-likeness (QED) is 0.578. The molecule has 2 aromatic rings. The van der Waals surface area contributed by atoms with Crippen molar-refractivity contribution in [3.63, 3.8) is 0 Å². The summed E-state index contributed by atoms with van der Waals surface area (Å²) in [5, 5.41) is 7.82. The molecule has 0 spiro atoms. The Morgan fingerprint density at radius 1 is 1.43 bits per heavy atom. The molecule has 3 heterocycles. The van der Waals surface area contributed by atoms with E-state index in [0.717, 1.165) is 50.0 Å². The number of morpholine rings is 1. The zero-order valence-corrected chi connectivity index (χ0v) is 17.3.